The van der Waals surface area contributed by atoms with Gasteiger partial charge in [-0.15, -0.1) is 0 Å². The molecule has 0 saturated carbocycles. The summed E-state index contributed by atoms with van der Waals surface area (Å²) in [5, 5.41) is 9.57. The van der Waals surface area contributed by atoms with Crippen molar-refractivity contribution in [2.75, 3.05) is 20.8 Å². The largest absolute Gasteiger partial charge is 0.508 e. The van der Waals surface area contributed by atoms with Gasteiger partial charge in [0.1, 0.15) is 17.2 Å². The van der Waals surface area contributed by atoms with Gasteiger partial charge >= 0.3 is 0 Å². The Hall–Kier alpha value is -2.20. The summed E-state index contributed by atoms with van der Waals surface area (Å²) in [6.07, 6.45) is 0.961. The van der Waals surface area contributed by atoms with Crippen LogP contribution in [-0.2, 0) is 19.5 Å². The third-order valence-electron chi connectivity index (χ3n) is 4.17. The third kappa shape index (κ3) is 3.02. The molecule has 22 heavy (non-hydrogen) atoms. The van der Waals surface area contributed by atoms with E-state index in [1.54, 1.807) is 20.3 Å². The van der Waals surface area contributed by atoms with E-state index in [9.17, 15) is 5.11 Å². The maximum absolute atomic E-state index is 9.57. The highest BCUT2D eigenvalue weighted by atomic mass is 16.5. The molecule has 1 heterocycles. The van der Waals surface area contributed by atoms with E-state index in [2.05, 4.69) is 11.0 Å². The van der Waals surface area contributed by atoms with E-state index in [1.165, 1.54) is 11.1 Å². The molecule has 0 unspecified atom stereocenters. The van der Waals surface area contributed by atoms with Crippen LogP contribution in [0.25, 0.3) is 0 Å². The van der Waals surface area contributed by atoms with Crippen LogP contribution >= 0.6 is 0 Å². The molecule has 3 rings (SSSR count). The van der Waals surface area contributed by atoms with Gasteiger partial charge in [0.25, 0.3) is 0 Å². The maximum atomic E-state index is 9.57. The second-order valence-corrected chi connectivity index (χ2v) is 5.59. The average Bonchev–Trinajstić information content (AvgIpc) is 2.55. The van der Waals surface area contributed by atoms with Crippen LogP contribution < -0.4 is 9.47 Å². The van der Waals surface area contributed by atoms with E-state index in [0.29, 0.717) is 5.75 Å². The molecule has 4 nitrogen and oxygen atoms in total. The number of methoxy groups -OCH3 is 2. The number of hydrogen-bond donors (Lipinski definition) is 1. The molecule has 1 aliphatic heterocycles. The molecule has 0 aromatic heterocycles. The highest BCUT2D eigenvalue weighted by Gasteiger charge is 2.18. The first-order valence-corrected chi connectivity index (χ1v) is 7.43. The number of nitrogens with zero attached hydrogens (tertiary/aromatic N) is 1. The zero-order valence-electron chi connectivity index (χ0n) is 13.0. The van der Waals surface area contributed by atoms with Gasteiger partial charge in [0.05, 0.1) is 14.2 Å². The van der Waals surface area contributed by atoms with Crippen molar-refractivity contribution < 1.29 is 14.6 Å². The lowest BCUT2D eigenvalue weighted by molar-refractivity contribution is 0.241. The summed E-state index contributed by atoms with van der Waals surface area (Å²) in [5.41, 5.74) is 3.69. The zero-order chi connectivity index (χ0) is 15.5. The monoisotopic (exact) mass is 299 g/mol. The standard InChI is InChI=1S/C18H21NO3/c1-21-17-6-4-15(18(10-17)22-2)12-19-8-7-13-9-16(20)5-3-14(13)11-19/h3-6,9-10,20H,7-8,11-12H2,1-2H3. The van der Waals surface area contributed by atoms with E-state index < -0.39 is 0 Å². The molecule has 2 aromatic carbocycles. The number of phenols is 1. The van der Waals surface area contributed by atoms with Crippen LogP contribution in [0.2, 0.25) is 0 Å². The summed E-state index contributed by atoms with van der Waals surface area (Å²) in [5.74, 6) is 2.01. The molecular formula is C18H21NO3. The minimum absolute atomic E-state index is 0.351. The number of fused-ring (bicyclic) bond motifs is 1. The van der Waals surface area contributed by atoms with Crippen LogP contribution in [0.5, 0.6) is 17.2 Å². The van der Waals surface area contributed by atoms with Gasteiger partial charge in [-0.05, 0) is 35.7 Å². The van der Waals surface area contributed by atoms with E-state index in [4.69, 9.17) is 9.47 Å². The first-order chi connectivity index (χ1) is 10.7. The van der Waals surface area contributed by atoms with Gasteiger partial charge in [-0.1, -0.05) is 12.1 Å². The van der Waals surface area contributed by atoms with E-state index in [1.807, 2.05) is 24.3 Å². The number of rotatable bonds is 4. The Morgan fingerprint density at radius 2 is 1.91 bits per heavy atom. The predicted molar refractivity (Wildman–Crippen MR) is 85.5 cm³/mol. The van der Waals surface area contributed by atoms with Gasteiger partial charge in [0, 0.05) is 31.3 Å². The molecule has 2 aromatic rings. The van der Waals surface area contributed by atoms with Crippen molar-refractivity contribution in [1.29, 1.82) is 0 Å². The highest BCUT2D eigenvalue weighted by Crippen LogP contribution is 2.28. The smallest absolute Gasteiger partial charge is 0.127 e. The Balaban J connectivity index is 1.76. The summed E-state index contributed by atoms with van der Waals surface area (Å²) in [4.78, 5) is 2.39. The Morgan fingerprint density at radius 3 is 2.68 bits per heavy atom. The molecule has 1 aliphatic rings. The molecule has 0 fully saturated rings. The van der Waals surface area contributed by atoms with Crippen molar-refractivity contribution in [3.8, 4) is 17.2 Å². The zero-order valence-corrected chi connectivity index (χ0v) is 13.0. The number of phenolic OH excluding ortho intramolecular Hbond substituents is 1. The SMILES string of the molecule is COc1ccc(CN2CCc3cc(O)ccc3C2)c(OC)c1. The van der Waals surface area contributed by atoms with Crippen LogP contribution in [0.3, 0.4) is 0 Å². The van der Waals surface area contributed by atoms with Gasteiger partial charge in [0.15, 0.2) is 0 Å². The van der Waals surface area contributed by atoms with E-state index in [0.717, 1.165) is 43.1 Å². The van der Waals surface area contributed by atoms with Crippen LogP contribution in [0.1, 0.15) is 16.7 Å². The molecule has 0 radical (unpaired) electrons. The lowest BCUT2D eigenvalue weighted by Gasteiger charge is -2.29. The van der Waals surface area contributed by atoms with Gasteiger partial charge in [-0.25, -0.2) is 0 Å². The lowest BCUT2D eigenvalue weighted by Crippen LogP contribution is -2.30. The first kappa shape index (κ1) is 14.7. The van der Waals surface area contributed by atoms with Gasteiger partial charge in [-0.2, -0.15) is 0 Å². The highest BCUT2D eigenvalue weighted by molar-refractivity contribution is 5.41. The summed E-state index contributed by atoms with van der Waals surface area (Å²) >= 11 is 0. The Kier molecular flexibility index (Phi) is 4.20. The van der Waals surface area contributed by atoms with Gasteiger partial charge in [0.2, 0.25) is 0 Å². The number of aromatic hydroxyl groups is 1. The normalized spacial score (nSPS) is 14.5. The Labute approximate surface area is 130 Å². The molecule has 0 spiro atoms. The quantitative estimate of drug-likeness (QED) is 0.942. The van der Waals surface area contributed by atoms with Crippen LogP contribution in [0, 0.1) is 0 Å². The minimum Gasteiger partial charge on any atom is -0.508 e. The summed E-state index contributed by atoms with van der Waals surface area (Å²) in [6, 6.07) is 11.6. The van der Waals surface area contributed by atoms with E-state index >= 15 is 0 Å². The van der Waals surface area contributed by atoms with Crippen molar-refractivity contribution in [3.63, 3.8) is 0 Å². The fraction of sp³-hybridized carbons (Fsp3) is 0.333. The lowest BCUT2D eigenvalue weighted by atomic mass is 9.99. The fourth-order valence-electron chi connectivity index (χ4n) is 2.96. The first-order valence-electron chi connectivity index (χ1n) is 7.43. The van der Waals surface area contributed by atoms with Crippen LogP contribution in [0.15, 0.2) is 36.4 Å². The predicted octanol–water partition coefficient (Wildman–Crippen LogP) is 2.97. The number of ether oxygens (including phenoxy) is 2. The van der Waals surface area contributed by atoms with Crippen LogP contribution in [0.4, 0.5) is 0 Å². The van der Waals surface area contributed by atoms with Crippen molar-refractivity contribution in [2.24, 2.45) is 0 Å². The maximum Gasteiger partial charge on any atom is 0.127 e. The second kappa shape index (κ2) is 6.28. The summed E-state index contributed by atoms with van der Waals surface area (Å²) < 4.78 is 10.7. The molecule has 0 atom stereocenters. The summed E-state index contributed by atoms with van der Waals surface area (Å²) in [6.45, 7) is 2.71. The van der Waals surface area contributed by atoms with Crippen molar-refractivity contribution >= 4 is 0 Å². The van der Waals surface area contributed by atoms with E-state index in [-0.39, 0.29) is 0 Å². The van der Waals surface area contributed by atoms with Crippen LogP contribution in [-0.4, -0.2) is 30.8 Å². The molecule has 0 saturated heterocycles. The molecule has 0 amide bonds. The molecule has 1 N–H and O–H groups in total. The Bertz CT molecular complexity index is 669. The summed E-state index contributed by atoms with van der Waals surface area (Å²) in [7, 11) is 3.35. The second-order valence-electron chi connectivity index (χ2n) is 5.59. The van der Waals surface area contributed by atoms with Gasteiger partial charge in [-0.3, -0.25) is 4.90 Å². The van der Waals surface area contributed by atoms with Gasteiger partial charge < -0.3 is 14.6 Å². The fourth-order valence-corrected chi connectivity index (χ4v) is 2.96. The molecule has 4 heteroatoms. The minimum atomic E-state index is 0.351. The molecule has 116 valence electrons. The molecule has 0 aliphatic carbocycles. The van der Waals surface area contributed by atoms with Crippen molar-refractivity contribution in [1.82, 2.24) is 4.90 Å². The number of benzene rings is 2. The number of hydrogen-bond acceptors (Lipinski definition) is 4. The third-order valence-corrected chi connectivity index (χ3v) is 4.17. The van der Waals surface area contributed by atoms with Crippen molar-refractivity contribution in [2.45, 2.75) is 19.5 Å². The molecular weight excluding hydrogens is 278 g/mol. The average molecular weight is 299 g/mol. The topological polar surface area (TPSA) is 41.9 Å². The molecule has 0 bridgehead atoms. The Morgan fingerprint density at radius 1 is 1.05 bits per heavy atom. The van der Waals surface area contributed by atoms with Crippen molar-refractivity contribution in [3.05, 3.63) is 53.1 Å².